The lowest BCUT2D eigenvalue weighted by molar-refractivity contribution is 0.312. The second-order valence-electron chi connectivity index (χ2n) is 11.1. The standard InChI is InChI=1S/C21H21S.C18H15S.2CH4O4S/c1-16-4-10-19(11-5-16)22(20-12-6-17(2)7-13-20)21-14-8-18(3)9-15-21;1-4-10-16(11-5-1)19(17-12-6-2-7-13-17)18-14-8-3-9-15-18;2*1-5-6(2,3)4/h4-15H,1-3H3;1-15H;2*1H3,(H,2,3,4)/q2*+1;;/p-2. The van der Waals surface area contributed by atoms with Crippen LogP contribution in [-0.4, -0.2) is 40.2 Å². The summed E-state index contributed by atoms with van der Waals surface area (Å²) < 4.78 is 62.0. The van der Waals surface area contributed by atoms with E-state index in [4.69, 9.17) is 0 Å². The summed E-state index contributed by atoms with van der Waals surface area (Å²) in [4.78, 5) is 8.20. The van der Waals surface area contributed by atoms with Crippen LogP contribution in [0.15, 0.2) is 193 Å². The van der Waals surface area contributed by atoms with E-state index in [0.717, 1.165) is 14.2 Å². The molecule has 0 saturated heterocycles. The van der Waals surface area contributed by atoms with E-state index in [1.165, 1.54) is 46.1 Å². The van der Waals surface area contributed by atoms with Crippen molar-refractivity contribution in [1.29, 1.82) is 0 Å². The molecule has 0 N–H and O–H groups in total. The summed E-state index contributed by atoms with van der Waals surface area (Å²) in [6.07, 6.45) is 0. The van der Waals surface area contributed by atoms with Crippen molar-refractivity contribution in [3.05, 3.63) is 180 Å². The van der Waals surface area contributed by atoms with Crippen molar-refractivity contribution < 1.29 is 34.3 Å². The van der Waals surface area contributed by atoms with Crippen LogP contribution >= 0.6 is 0 Å². The molecule has 0 heterocycles. The van der Waals surface area contributed by atoms with Crippen molar-refractivity contribution in [1.82, 2.24) is 0 Å². The Balaban J connectivity index is 0.000000221. The number of hydrogen-bond acceptors (Lipinski definition) is 8. The van der Waals surface area contributed by atoms with Crippen LogP contribution < -0.4 is 0 Å². The van der Waals surface area contributed by atoms with Gasteiger partial charge in [-0.3, -0.25) is 8.37 Å². The average molecular weight is 791 g/mol. The molecule has 0 aromatic heterocycles. The van der Waals surface area contributed by atoms with Crippen LogP contribution in [0.3, 0.4) is 0 Å². The van der Waals surface area contributed by atoms with Gasteiger partial charge in [0.15, 0.2) is 29.4 Å². The Labute approximate surface area is 320 Å². The first-order valence-corrected chi connectivity index (χ1v) is 21.2. The molecule has 0 aliphatic rings. The zero-order valence-electron chi connectivity index (χ0n) is 30.0. The maximum Gasteiger partial charge on any atom is 0.217 e. The second-order valence-corrected chi connectivity index (χ2v) is 17.5. The van der Waals surface area contributed by atoms with Gasteiger partial charge in [0.05, 0.1) is 36.0 Å². The van der Waals surface area contributed by atoms with Gasteiger partial charge in [0.25, 0.3) is 0 Å². The van der Waals surface area contributed by atoms with Crippen LogP contribution in [0, 0.1) is 20.8 Å². The first-order valence-electron chi connectivity index (χ1n) is 16.1. The topological polar surface area (TPSA) is 133 Å². The molecule has 12 heteroatoms. The molecular formula is C41H42O8S4. The molecule has 0 amide bonds. The van der Waals surface area contributed by atoms with Crippen molar-refractivity contribution in [2.24, 2.45) is 0 Å². The lowest BCUT2D eigenvalue weighted by Gasteiger charge is -2.09. The number of hydrogen-bond donors (Lipinski definition) is 0. The Morgan fingerprint density at radius 2 is 0.528 bits per heavy atom. The summed E-state index contributed by atoms with van der Waals surface area (Å²) in [5.74, 6) is 0. The molecule has 278 valence electrons. The van der Waals surface area contributed by atoms with Crippen LogP contribution in [0.5, 0.6) is 0 Å². The minimum Gasteiger partial charge on any atom is -0.726 e. The maximum atomic E-state index is 9.22. The van der Waals surface area contributed by atoms with Gasteiger partial charge in [-0.2, -0.15) is 0 Å². The van der Waals surface area contributed by atoms with Gasteiger partial charge in [-0.15, -0.1) is 0 Å². The fourth-order valence-electron chi connectivity index (χ4n) is 4.51. The Hall–Kier alpha value is -4.24. The van der Waals surface area contributed by atoms with Gasteiger partial charge in [0.2, 0.25) is 20.8 Å². The smallest absolute Gasteiger partial charge is 0.217 e. The highest BCUT2D eigenvalue weighted by Gasteiger charge is 2.29. The molecule has 0 aliphatic carbocycles. The van der Waals surface area contributed by atoms with E-state index < -0.39 is 20.8 Å². The Morgan fingerprint density at radius 3 is 0.698 bits per heavy atom. The van der Waals surface area contributed by atoms with Crippen molar-refractivity contribution in [2.75, 3.05) is 14.2 Å². The van der Waals surface area contributed by atoms with Gasteiger partial charge in [-0.25, -0.2) is 16.8 Å². The van der Waals surface area contributed by atoms with E-state index in [9.17, 15) is 25.9 Å². The summed E-state index contributed by atoms with van der Waals surface area (Å²) >= 11 is 0. The van der Waals surface area contributed by atoms with Crippen molar-refractivity contribution >= 4 is 42.6 Å². The van der Waals surface area contributed by atoms with Gasteiger partial charge >= 0.3 is 0 Å². The number of benzene rings is 6. The predicted octanol–water partition coefficient (Wildman–Crippen LogP) is 8.68. The molecule has 0 spiro atoms. The third kappa shape index (κ3) is 15.7. The zero-order valence-corrected chi connectivity index (χ0v) is 33.3. The van der Waals surface area contributed by atoms with Gasteiger partial charge in [0, 0.05) is 0 Å². The lowest BCUT2D eigenvalue weighted by Crippen LogP contribution is -2.04. The Bertz CT molecular complexity index is 1910. The third-order valence-electron chi connectivity index (χ3n) is 7.12. The Morgan fingerprint density at radius 1 is 0.358 bits per heavy atom. The summed E-state index contributed by atoms with van der Waals surface area (Å²) in [5.41, 5.74) is 3.92. The van der Waals surface area contributed by atoms with E-state index in [1.807, 2.05) is 0 Å². The van der Waals surface area contributed by atoms with Gasteiger partial charge in [-0.05, 0) is 93.6 Å². The molecule has 53 heavy (non-hydrogen) atoms. The van der Waals surface area contributed by atoms with Crippen LogP contribution in [0.2, 0.25) is 0 Å². The molecule has 6 aromatic rings. The highest BCUT2D eigenvalue weighted by molar-refractivity contribution is 7.97. The second kappa shape index (κ2) is 21.5. The molecule has 6 rings (SSSR count). The molecule has 8 nitrogen and oxygen atoms in total. The summed E-state index contributed by atoms with van der Waals surface area (Å²) in [6, 6.07) is 59.0. The van der Waals surface area contributed by atoms with E-state index in [-0.39, 0.29) is 21.8 Å². The predicted molar refractivity (Wildman–Crippen MR) is 211 cm³/mol. The fraction of sp³-hybridized carbons (Fsp3) is 0.122. The zero-order chi connectivity index (χ0) is 38.9. The van der Waals surface area contributed by atoms with Crippen LogP contribution in [0.4, 0.5) is 0 Å². The minimum atomic E-state index is -4.41. The molecule has 0 fully saturated rings. The van der Waals surface area contributed by atoms with Crippen LogP contribution in [0.1, 0.15) is 16.7 Å². The molecule has 0 saturated carbocycles. The molecule has 0 atom stereocenters. The average Bonchev–Trinajstić information content (AvgIpc) is 3.16. The maximum absolute atomic E-state index is 9.22. The Kier molecular flexibility index (Phi) is 17.5. The van der Waals surface area contributed by atoms with Crippen molar-refractivity contribution in [2.45, 2.75) is 50.1 Å². The highest BCUT2D eigenvalue weighted by Crippen LogP contribution is 2.32. The van der Waals surface area contributed by atoms with E-state index in [2.05, 4.69) is 193 Å². The van der Waals surface area contributed by atoms with Crippen molar-refractivity contribution in [3.63, 3.8) is 0 Å². The first kappa shape index (κ1) is 43.2. The molecule has 6 aromatic carbocycles. The van der Waals surface area contributed by atoms with E-state index >= 15 is 0 Å². The molecular weight excluding hydrogens is 749 g/mol. The minimum absolute atomic E-state index is 0.0146. The van der Waals surface area contributed by atoms with Gasteiger partial charge in [0.1, 0.15) is 0 Å². The summed E-state index contributed by atoms with van der Waals surface area (Å²) in [6.45, 7) is 6.42. The van der Waals surface area contributed by atoms with Gasteiger partial charge < -0.3 is 9.11 Å². The third-order valence-corrected chi connectivity index (χ3v) is 12.4. The fourth-order valence-corrected chi connectivity index (χ4v) is 8.65. The number of rotatable bonds is 8. The molecule has 0 unspecified atom stereocenters. The normalized spacial score (nSPS) is 11.0. The molecule has 0 bridgehead atoms. The number of aryl methyl sites for hydroxylation is 3. The lowest BCUT2D eigenvalue weighted by atomic mass is 10.2. The highest BCUT2D eigenvalue weighted by atomic mass is 32.3. The van der Waals surface area contributed by atoms with E-state index in [1.54, 1.807) is 0 Å². The van der Waals surface area contributed by atoms with E-state index in [0.29, 0.717) is 0 Å². The SMILES string of the molecule is COS(=O)(=O)[O-].COS(=O)(=O)[O-].Cc1ccc([S+](c2ccc(C)cc2)c2ccc(C)cc2)cc1.c1ccc([S+](c2ccccc2)c2ccccc2)cc1. The molecule has 0 aliphatic heterocycles. The molecule has 0 radical (unpaired) electrons. The van der Waals surface area contributed by atoms with Crippen LogP contribution in [-0.2, 0) is 51.0 Å². The summed E-state index contributed by atoms with van der Waals surface area (Å²) in [7, 11) is -7.26. The van der Waals surface area contributed by atoms with Crippen molar-refractivity contribution in [3.8, 4) is 0 Å². The quantitative estimate of drug-likeness (QED) is 0.0850. The van der Waals surface area contributed by atoms with Gasteiger partial charge in [-0.1, -0.05) is 108 Å². The first-order chi connectivity index (χ1) is 25.2. The van der Waals surface area contributed by atoms with Crippen LogP contribution in [0.25, 0.3) is 0 Å². The summed E-state index contributed by atoms with van der Waals surface area (Å²) in [5, 5.41) is 0. The largest absolute Gasteiger partial charge is 0.726 e. The monoisotopic (exact) mass is 790 g/mol.